The van der Waals surface area contributed by atoms with Crippen LogP contribution in [0.1, 0.15) is 27.9 Å². The van der Waals surface area contributed by atoms with E-state index < -0.39 is 0 Å². The van der Waals surface area contributed by atoms with E-state index in [9.17, 15) is 10.1 Å². The van der Waals surface area contributed by atoms with E-state index in [4.69, 9.17) is 0 Å². The lowest BCUT2D eigenvalue weighted by Gasteiger charge is -2.12. The standard InChI is InChI=1S/C21H19N3OS/c1-15-19(12-16-8-4-3-5-9-16)20(25)24(2)21(23-15)26-14-18-11-7-6-10-17(18)13-22/h3-11H,12,14H2,1-2H3. The molecule has 0 aliphatic rings. The Balaban J connectivity index is 1.86. The SMILES string of the molecule is Cc1nc(SCc2ccccc2C#N)n(C)c(=O)c1Cc1ccccc1. The van der Waals surface area contributed by atoms with Gasteiger partial charge in [0.2, 0.25) is 0 Å². The van der Waals surface area contributed by atoms with Crippen molar-refractivity contribution in [2.75, 3.05) is 0 Å². The molecular formula is C21H19N3OS. The molecule has 0 spiro atoms. The van der Waals surface area contributed by atoms with Crippen molar-refractivity contribution in [3.05, 3.63) is 92.9 Å². The largest absolute Gasteiger partial charge is 0.291 e. The Hall–Kier alpha value is -2.84. The zero-order chi connectivity index (χ0) is 18.5. The number of hydrogen-bond donors (Lipinski definition) is 0. The van der Waals surface area contributed by atoms with Crippen LogP contribution in [0.15, 0.2) is 64.5 Å². The number of hydrogen-bond acceptors (Lipinski definition) is 4. The molecule has 3 aromatic rings. The number of benzene rings is 2. The van der Waals surface area contributed by atoms with Gasteiger partial charge in [-0.1, -0.05) is 60.3 Å². The van der Waals surface area contributed by atoms with Gasteiger partial charge in [-0.05, 0) is 24.1 Å². The molecule has 0 amide bonds. The molecule has 2 aromatic carbocycles. The van der Waals surface area contributed by atoms with Crippen LogP contribution in [0.2, 0.25) is 0 Å². The minimum Gasteiger partial charge on any atom is -0.291 e. The molecular weight excluding hydrogens is 342 g/mol. The minimum absolute atomic E-state index is 0.0163. The number of rotatable bonds is 5. The van der Waals surface area contributed by atoms with Crippen molar-refractivity contribution in [1.82, 2.24) is 9.55 Å². The Labute approximate surface area is 157 Å². The molecule has 5 heteroatoms. The Morgan fingerprint density at radius 1 is 1.12 bits per heavy atom. The molecule has 3 rings (SSSR count). The molecule has 4 nitrogen and oxygen atoms in total. The first-order valence-corrected chi connectivity index (χ1v) is 9.30. The van der Waals surface area contributed by atoms with Gasteiger partial charge in [0.05, 0.1) is 11.6 Å². The minimum atomic E-state index is -0.0163. The fraction of sp³-hybridized carbons (Fsp3) is 0.190. The van der Waals surface area contributed by atoms with E-state index in [0.717, 1.165) is 22.4 Å². The maximum atomic E-state index is 12.8. The molecule has 0 radical (unpaired) electrons. The predicted octanol–water partition coefficient (Wildman–Crippen LogP) is 3.84. The van der Waals surface area contributed by atoms with E-state index in [-0.39, 0.29) is 5.56 Å². The summed E-state index contributed by atoms with van der Waals surface area (Å²) in [5.41, 5.74) is 4.16. The van der Waals surface area contributed by atoms with Crippen molar-refractivity contribution in [3.63, 3.8) is 0 Å². The Bertz CT molecular complexity index is 1020. The van der Waals surface area contributed by atoms with E-state index in [1.807, 2.05) is 55.5 Å². The summed E-state index contributed by atoms with van der Waals surface area (Å²) < 4.78 is 1.60. The third-order valence-corrected chi connectivity index (χ3v) is 5.35. The first kappa shape index (κ1) is 18.0. The molecule has 0 N–H and O–H groups in total. The maximum absolute atomic E-state index is 12.8. The van der Waals surface area contributed by atoms with Crippen LogP contribution in [0.4, 0.5) is 0 Å². The summed E-state index contributed by atoms with van der Waals surface area (Å²) in [7, 11) is 1.75. The quantitative estimate of drug-likeness (QED) is 0.512. The summed E-state index contributed by atoms with van der Waals surface area (Å²) in [4.78, 5) is 17.4. The maximum Gasteiger partial charge on any atom is 0.257 e. The molecule has 0 saturated carbocycles. The Morgan fingerprint density at radius 2 is 1.81 bits per heavy atom. The van der Waals surface area contributed by atoms with E-state index in [1.165, 1.54) is 11.8 Å². The number of nitriles is 1. The summed E-state index contributed by atoms with van der Waals surface area (Å²) in [5, 5.41) is 9.87. The zero-order valence-corrected chi connectivity index (χ0v) is 15.6. The molecule has 0 bridgehead atoms. The second-order valence-corrected chi connectivity index (χ2v) is 6.99. The summed E-state index contributed by atoms with van der Waals surface area (Å²) in [6, 6.07) is 19.6. The summed E-state index contributed by atoms with van der Waals surface area (Å²) in [6.07, 6.45) is 0.578. The lowest BCUT2D eigenvalue weighted by molar-refractivity contribution is 0.683. The van der Waals surface area contributed by atoms with E-state index >= 15 is 0 Å². The average molecular weight is 361 g/mol. The summed E-state index contributed by atoms with van der Waals surface area (Å²) in [5.74, 6) is 0.599. The first-order valence-electron chi connectivity index (χ1n) is 8.31. The van der Waals surface area contributed by atoms with Crippen LogP contribution in [0.3, 0.4) is 0 Å². The Kier molecular flexibility index (Phi) is 5.55. The molecule has 1 aromatic heterocycles. The fourth-order valence-electron chi connectivity index (χ4n) is 2.76. The highest BCUT2D eigenvalue weighted by atomic mass is 32.2. The highest BCUT2D eigenvalue weighted by Crippen LogP contribution is 2.23. The number of aryl methyl sites for hydroxylation is 1. The normalized spacial score (nSPS) is 10.5. The molecule has 0 unspecified atom stereocenters. The van der Waals surface area contributed by atoms with Gasteiger partial charge >= 0.3 is 0 Å². The Morgan fingerprint density at radius 3 is 2.54 bits per heavy atom. The summed E-state index contributed by atoms with van der Waals surface area (Å²) >= 11 is 1.47. The van der Waals surface area contributed by atoms with Crippen molar-refractivity contribution in [2.24, 2.45) is 7.05 Å². The van der Waals surface area contributed by atoms with Crippen molar-refractivity contribution in [3.8, 4) is 6.07 Å². The second-order valence-electron chi connectivity index (χ2n) is 6.04. The van der Waals surface area contributed by atoms with Crippen molar-refractivity contribution < 1.29 is 0 Å². The molecule has 1 heterocycles. The van der Waals surface area contributed by atoms with Crippen LogP contribution >= 0.6 is 11.8 Å². The molecule has 0 saturated heterocycles. The molecule has 0 aliphatic carbocycles. The number of aromatic nitrogens is 2. The van der Waals surface area contributed by atoms with Gasteiger partial charge in [-0.3, -0.25) is 9.36 Å². The van der Waals surface area contributed by atoms with Gasteiger partial charge in [-0.2, -0.15) is 5.26 Å². The topological polar surface area (TPSA) is 58.7 Å². The van der Waals surface area contributed by atoms with E-state index in [0.29, 0.717) is 22.9 Å². The monoisotopic (exact) mass is 361 g/mol. The first-order chi connectivity index (χ1) is 12.6. The zero-order valence-electron chi connectivity index (χ0n) is 14.8. The van der Waals surface area contributed by atoms with Gasteiger partial charge in [0.15, 0.2) is 5.16 Å². The fourth-order valence-corrected chi connectivity index (χ4v) is 3.77. The van der Waals surface area contributed by atoms with Gasteiger partial charge in [0.25, 0.3) is 5.56 Å². The van der Waals surface area contributed by atoms with Crippen molar-refractivity contribution in [2.45, 2.75) is 24.3 Å². The van der Waals surface area contributed by atoms with E-state index in [2.05, 4.69) is 11.1 Å². The van der Waals surface area contributed by atoms with Crippen LogP contribution in [0, 0.1) is 18.3 Å². The van der Waals surface area contributed by atoms with Gasteiger partial charge < -0.3 is 0 Å². The lowest BCUT2D eigenvalue weighted by Crippen LogP contribution is -2.25. The molecule has 0 fully saturated rings. The van der Waals surface area contributed by atoms with Crippen LogP contribution in [-0.4, -0.2) is 9.55 Å². The van der Waals surface area contributed by atoms with Gasteiger partial charge in [0.1, 0.15) is 0 Å². The predicted molar refractivity (Wildman–Crippen MR) is 104 cm³/mol. The smallest absolute Gasteiger partial charge is 0.257 e. The molecule has 0 atom stereocenters. The third-order valence-electron chi connectivity index (χ3n) is 4.27. The van der Waals surface area contributed by atoms with Crippen molar-refractivity contribution >= 4 is 11.8 Å². The van der Waals surface area contributed by atoms with Gasteiger partial charge in [-0.15, -0.1) is 0 Å². The molecule has 26 heavy (non-hydrogen) atoms. The average Bonchev–Trinajstić information content (AvgIpc) is 2.68. The van der Waals surface area contributed by atoms with Crippen molar-refractivity contribution in [1.29, 1.82) is 5.26 Å². The highest BCUT2D eigenvalue weighted by molar-refractivity contribution is 7.98. The van der Waals surface area contributed by atoms with Crippen LogP contribution in [0.25, 0.3) is 0 Å². The van der Waals surface area contributed by atoms with Gasteiger partial charge in [0, 0.05) is 30.5 Å². The lowest BCUT2D eigenvalue weighted by atomic mass is 10.1. The third kappa shape index (κ3) is 3.87. The van der Waals surface area contributed by atoms with Crippen LogP contribution in [0.5, 0.6) is 0 Å². The second kappa shape index (κ2) is 8.03. The van der Waals surface area contributed by atoms with E-state index in [1.54, 1.807) is 17.7 Å². The van der Waals surface area contributed by atoms with Crippen LogP contribution in [-0.2, 0) is 19.2 Å². The number of nitrogens with zero attached hydrogens (tertiary/aromatic N) is 3. The summed E-state index contributed by atoms with van der Waals surface area (Å²) in [6.45, 7) is 1.88. The molecule has 130 valence electrons. The highest BCUT2D eigenvalue weighted by Gasteiger charge is 2.13. The van der Waals surface area contributed by atoms with Crippen LogP contribution < -0.4 is 5.56 Å². The number of thioether (sulfide) groups is 1. The van der Waals surface area contributed by atoms with Gasteiger partial charge in [-0.25, -0.2) is 4.98 Å². The molecule has 0 aliphatic heterocycles.